The van der Waals surface area contributed by atoms with Gasteiger partial charge in [0.05, 0.1) is 31.0 Å². The Morgan fingerprint density at radius 1 is 1.14 bits per heavy atom. The largest absolute Gasteiger partial charge is 0.487 e. The molecule has 184 valence electrons. The highest BCUT2D eigenvalue weighted by Crippen LogP contribution is 2.28. The van der Waals surface area contributed by atoms with Crippen molar-refractivity contribution in [2.75, 3.05) is 49.6 Å². The quantitative estimate of drug-likeness (QED) is 0.566. The first-order chi connectivity index (χ1) is 17.6. The van der Waals surface area contributed by atoms with E-state index in [0.29, 0.717) is 36.0 Å². The normalized spacial score (nSPS) is 17.5. The third-order valence-electron chi connectivity index (χ3n) is 6.44. The van der Waals surface area contributed by atoms with Crippen molar-refractivity contribution >= 4 is 23.2 Å². The predicted molar refractivity (Wildman–Crippen MR) is 136 cm³/mol. The number of carbonyl (C=O) groups is 1. The van der Waals surface area contributed by atoms with Gasteiger partial charge in [-0.05, 0) is 48.5 Å². The lowest BCUT2D eigenvalue weighted by Gasteiger charge is -2.28. The summed E-state index contributed by atoms with van der Waals surface area (Å²) in [7, 11) is 0. The third kappa shape index (κ3) is 5.39. The van der Waals surface area contributed by atoms with Gasteiger partial charge in [-0.15, -0.1) is 0 Å². The highest BCUT2D eigenvalue weighted by Gasteiger charge is 2.26. The number of nitriles is 1. The lowest BCUT2D eigenvalue weighted by atomic mass is 10.1. The third-order valence-corrected chi connectivity index (χ3v) is 6.44. The van der Waals surface area contributed by atoms with Gasteiger partial charge in [-0.3, -0.25) is 4.79 Å². The van der Waals surface area contributed by atoms with Crippen LogP contribution >= 0.6 is 0 Å². The van der Waals surface area contributed by atoms with Gasteiger partial charge in [-0.25, -0.2) is 9.97 Å². The molecule has 1 unspecified atom stereocenters. The van der Waals surface area contributed by atoms with Crippen molar-refractivity contribution in [1.82, 2.24) is 14.9 Å². The molecule has 0 bridgehead atoms. The fourth-order valence-corrected chi connectivity index (χ4v) is 4.46. The van der Waals surface area contributed by atoms with Gasteiger partial charge in [-0.1, -0.05) is 0 Å². The zero-order valence-electron chi connectivity index (χ0n) is 20.2. The molecular formula is C27H28N6O3. The van der Waals surface area contributed by atoms with Crippen LogP contribution in [0, 0.1) is 11.3 Å². The molecule has 1 aromatic heterocycles. The molecule has 1 atom stereocenters. The number of nitrogens with one attached hydrogen (secondary N) is 1. The molecule has 2 aliphatic rings. The van der Waals surface area contributed by atoms with E-state index in [1.807, 2.05) is 24.3 Å². The summed E-state index contributed by atoms with van der Waals surface area (Å²) in [5.74, 6) is 1.03. The number of hydrogen-bond acceptors (Lipinski definition) is 8. The summed E-state index contributed by atoms with van der Waals surface area (Å²) in [6, 6.07) is 17.7. The van der Waals surface area contributed by atoms with Crippen LogP contribution in [0.2, 0.25) is 0 Å². The van der Waals surface area contributed by atoms with Crippen LogP contribution in [0.25, 0.3) is 11.3 Å². The number of nitrogens with zero attached hydrogens (tertiary/aromatic N) is 5. The average Bonchev–Trinajstić information content (AvgIpc) is 3.39. The molecule has 1 amide bonds. The summed E-state index contributed by atoms with van der Waals surface area (Å²) in [6.07, 6.45) is 2.33. The molecule has 2 fully saturated rings. The molecule has 9 nitrogen and oxygen atoms in total. The Kier molecular flexibility index (Phi) is 6.96. The maximum Gasteiger partial charge on any atom is 0.227 e. The molecule has 0 radical (unpaired) electrons. The van der Waals surface area contributed by atoms with Gasteiger partial charge in [0.1, 0.15) is 17.9 Å². The van der Waals surface area contributed by atoms with Crippen LogP contribution in [0.5, 0.6) is 5.75 Å². The zero-order valence-corrected chi connectivity index (χ0v) is 20.2. The van der Waals surface area contributed by atoms with E-state index in [1.54, 1.807) is 30.2 Å². The van der Waals surface area contributed by atoms with E-state index in [0.717, 1.165) is 49.7 Å². The Morgan fingerprint density at radius 3 is 2.67 bits per heavy atom. The van der Waals surface area contributed by atoms with Crippen molar-refractivity contribution in [2.45, 2.75) is 19.4 Å². The van der Waals surface area contributed by atoms with Crippen molar-refractivity contribution < 1.29 is 14.3 Å². The van der Waals surface area contributed by atoms with Gasteiger partial charge in [0, 0.05) is 56.1 Å². The number of hydrogen-bond donors (Lipinski definition) is 1. The van der Waals surface area contributed by atoms with Gasteiger partial charge in [0.25, 0.3) is 0 Å². The number of morpholine rings is 1. The van der Waals surface area contributed by atoms with Crippen molar-refractivity contribution in [3.05, 3.63) is 60.3 Å². The monoisotopic (exact) mass is 484 g/mol. The number of anilines is 3. The van der Waals surface area contributed by atoms with E-state index in [2.05, 4.69) is 38.4 Å². The minimum Gasteiger partial charge on any atom is -0.487 e. The molecular weight excluding hydrogens is 456 g/mol. The van der Waals surface area contributed by atoms with E-state index in [9.17, 15) is 10.1 Å². The van der Waals surface area contributed by atoms with Crippen LogP contribution < -0.4 is 15.0 Å². The second-order valence-electron chi connectivity index (χ2n) is 8.85. The molecule has 1 N–H and O–H groups in total. The van der Waals surface area contributed by atoms with E-state index in [4.69, 9.17) is 9.47 Å². The van der Waals surface area contributed by atoms with E-state index in [-0.39, 0.29) is 12.0 Å². The average molecular weight is 485 g/mol. The SMILES string of the molecule is CC(=O)N1CCC(Oc2ccc(-c3ccnc(Nc4ccc(N5CCOCC5)cc4)n3)cc2C#N)C1. The summed E-state index contributed by atoms with van der Waals surface area (Å²) in [4.78, 5) is 24.6. The second-order valence-corrected chi connectivity index (χ2v) is 8.85. The van der Waals surface area contributed by atoms with E-state index in [1.165, 1.54) is 0 Å². The van der Waals surface area contributed by atoms with Gasteiger partial charge >= 0.3 is 0 Å². The summed E-state index contributed by atoms with van der Waals surface area (Å²) in [5.41, 5.74) is 3.98. The molecule has 0 saturated carbocycles. The number of carbonyl (C=O) groups excluding carboxylic acids is 1. The van der Waals surface area contributed by atoms with Crippen molar-refractivity contribution in [3.8, 4) is 23.1 Å². The predicted octanol–water partition coefficient (Wildman–Crippen LogP) is 3.60. The molecule has 2 aliphatic heterocycles. The Balaban J connectivity index is 1.27. The van der Waals surface area contributed by atoms with Gasteiger partial charge in [0.15, 0.2) is 0 Å². The van der Waals surface area contributed by atoms with Gasteiger partial charge in [-0.2, -0.15) is 5.26 Å². The molecule has 9 heteroatoms. The van der Waals surface area contributed by atoms with Crippen LogP contribution in [0.1, 0.15) is 18.9 Å². The van der Waals surface area contributed by atoms with Gasteiger partial charge < -0.3 is 24.6 Å². The fraction of sp³-hybridized carbons (Fsp3) is 0.333. The summed E-state index contributed by atoms with van der Waals surface area (Å²) in [6.45, 7) is 6.06. The summed E-state index contributed by atoms with van der Waals surface area (Å²) in [5, 5.41) is 13.0. The standard InChI is InChI=1S/C27H28N6O3/c1-19(34)33-11-9-24(18-33)36-26-7-2-20(16-21(26)17-28)25-8-10-29-27(31-25)30-22-3-5-23(6-4-22)32-12-14-35-15-13-32/h2-8,10,16,24H,9,11-15,18H2,1H3,(H,29,30,31). The highest BCUT2D eigenvalue weighted by molar-refractivity contribution is 5.73. The summed E-state index contributed by atoms with van der Waals surface area (Å²) >= 11 is 0. The van der Waals surface area contributed by atoms with Crippen LogP contribution in [0.15, 0.2) is 54.7 Å². The number of rotatable bonds is 6. The minimum absolute atomic E-state index is 0.0400. The van der Waals surface area contributed by atoms with Crippen LogP contribution in [-0.4, -0.2) is 66.3 Å². The first kappa shape index (κ1) is 23.6. The van der Waals surface area contributed by atoms with Crippen LogP contribution in [0.3, 0.4) is 0 Å². The first-order valence-corrected chi connectivity index (χ1v) is 12.1. The highest BCUT2D eigenvalue weighted by atomic mass is 16.5. The summed E-state index contributed by atoms with van der Waals surface area (Å²) < 4.78 is 11.5. The molecule has 5 rings (SSSR count). The van der Waals surface area contributed by atoms with Crippen molar-refractivity contribution in [3.63, 3.8) is 0 Å². The smallest absolute Gasteiger partial charge is 0.227 e. The topological polar surface area (TPSA) is 104 Å². The molecule has 3 aromatic rings. The van der Waals surface area contributed by atoms with Crippen LogP contribution in [0.4, 0.5) is 17.3 Å². The zero-order chi connectivity index (χ0) is 24.9. The first-order valence-electron chi connectivity index (χ1n) is 12.1. The molecule has 2 saturated heterocycles. The van der Waals surface area contributed by atoms with Crippen molar-refractivity contribution in [1.29, 1.82) is 5.26 Å². The minimum atomic E-state index is -0.115. The van der Waals surface area contributed by atoms with E-state index < -0.39 is 0 Å². The lowest BCUT2D eigenvalue weighted by molar-refractivity contribution is -0.128. The number of likely N-dealkylation sites (tertiary alicyclic amines) is 1. The lowest BCUT2D eigenvalue weighted by Crippen LogP contribution is -2.36. The van der Waals surface area contributed by atoms with Gasteiger partial charge in [0.2, 0.25) is 11.9 Å². The Bertz CT molecular complexity index is 1270. The number of amides is 1. The Morgan fingerprint density at radius 2 is 1.94 bits per heavy atom. The molecule has 2 aromatic carbocycles. The number of benzene rings is 2. The second kappa shape index (κ2) is 10.6. The van der Waals surface area contributed by atoms with Crippen molar-refractivity contribution in [2.24, 2.45) is 0 Å². The van der Waals surface area contributed by atoms with Crippen LogP contribution in [-0.2, 0) is 9.53 Å². The molecule has 0 aliphatic carbocycles. The molecule has 36 heavy (non-hydrogen) atoms. The molecule has 3 heterocycles. The maximum absolute atomic E-state index is 11.6. The van der Waals surface area contributed by atoms with E-state index >= 15 is 0 Å². The number of aromatic nitrogens is 2. The fourth-order valence-electron chi connectivity index (χ4n) is 4.46. The Hall–Kier alpha value is -4.16. The maximum atomic E-state index is 11.6. The molecule has 0 spiro atoms. The number of ether oxygens (including phenoxy) is 2. The Labute approximate surface area is 210 Å².